The van der Waals surface area contributed by atoms with Gasteiger partial charge in [0, 0.05) is 5.56 Å². The molecule has 0 aliphatic heterocycles. The van der Waals surface area contributed by atoms with Gasteiger partial charge in [-0.25, -0.2) is 9.18 Å². The van der Waals surface area contributed by atoms with Gasteiger partial charge in [-0.15, -0.1) is 0 Å². The van der Waals surface area contributed by atoms with Crippen LogP contribution in [0, 0.1) is 5.82 Å². The molecule has 4 nitrogen and oxygen atoms in total. The largest absolute Gasteiger partial charge is 0.479 e. The molecular formula is C10H8Cl2FNO3. The van der Waals surface area contributed by atoms with Crippen LogP contribution in [0.5, 0.6) is 0 Å². The highest BCUT2D eigenvalue weighted by Gasteiger charge is 2.10. The summed E-state index contributed by atoms with van der Waals surface area (Å²) in [5.41, 5.74) is 0.547. The number of nitrogens with zero attached hydrogens (tertiary/aromatic N) is 1. The fraction of sp³-hybridized carbons (Fsp3) is 0.200. The zero-order valence-corrected chi connectivity index (χ0v) is 10.2. The van der Waals surface area contributed by atoms with Gasteiger partial charge in [0.25, 0.3) is 0 Å². The highest BCUT2D eigenvalue weighted by molar-refractivity contribution is 6.37. The van der Waals surface area contributed by atoms with Crippen molar-refractivity contribution in [2.24, 2.45) is 5.16 Å². The summed E-state index contributed by atoms with van der Waals surface area (Å²) in [6.45, 7) is 0.932. The number of benzene rings is 1. The third kappa shape index (κ3) is 3.87. The predicted octanol–water partition coefficient (Wildman–Crippen LogP) is 2.96. The quantitative estimate of drug-likeness (QED) is 0.524. The number of carbonyl (C=O) groups is 1. The molecule has 0 atom stereocenters. The van der Waals surface area contributed by atoms with E-state index in [0.717, 1.165) is 6.07 Å². The summed E-state index contributed by atoms with van der Waals surface area (Å²) in [4.78, 5) is 14.7. The molecule has 1 N–H and O–H groups in total. The summed E-state index contributed by atoms with van der Waals surface area (Å²) >= 11 is 11.4. The number of halogens is 3. The Morgan fingerprint density at radius 2 is 2.12 bits per heavy atom. The lowest BCUT2D eigenvalue weighted by Crippen LogP contribution is -2.06. The van der Waals surface area contributed by atoms with Crippen LogP contribution in [-0.4, -0.2) is 23.4 Å². The average molecular weight is 280 g/mol. The summed E-state index contributed by atoms with van der Waals surface area (Å²) < 4.78 is 13.2. The number of oxime groups is 1. The molecule has 0 aliphatic carbocycles. The van der Waals surface area contributed by atoms with Gasteiger partial charge < -0.3 is 9.94 Å². The van der Waals surface area contributed by atoms with Crippen LogP contribution in [0.2, 0.25) is 10.0 Å². The number of hydrogen-bond acceptors (Lipinski definition) is 3. The van der Waals surface area contributed by atoms with E-state index in [0.29, 0.717) is 5.56 Å². The van der Waals surface area contributed by atoms with Crippen LogP contribution in [0.4, 0.5) is 4.39 Å². The number of carboxylic acids is 1. The van der Waals surface area contributed by atoms with Crippen molar-refractivity contribution in [3.63, 3.8) is 0 Å². The second-order valence-corrected chi connectivity index (χ2v) is 3.90. The van der Waals surface area contributed by atoms with Crippen molar-refractivity contribution in [2.75, 3.05) is 6.61 Å². The molecule has 1 aromatic carbocycles. The third-order valence-electron chi connectivity index (χ3n) is 1.79. The van der Waals surface area contributed by atoms with Crippen molar-refractivity contribution in [1.29, 1.82) is 0 Å². The van der Waals surface area contributed by atoms with Crippen molar-refractivity contribution in [3.8, 4) is 0 Å². The first kappa shape index (κ1) is 13.7. The van der Waals surface area contributed by atoms with Crippen molar-refractivity contribution in [3.05, 3.63) is 33.6 Å². The molecule has 0 radical (unpaired) electrons. The molecule has 0 fully saturated rings. The lowest BCUT2D eigenvalue weighted by Gasteiger charge is -2.05. The second-order valence-electron chi connectivity index (χ2n) is 3.09. The van der Waals surface area contributed by atoms with E-state index in [2.05, 4.69) is 9.99 Å². The first-order valence-electron chi connectivity index (χ1n) is 4.45. The molecule has 0 amide bonds. The maximum absolute atomic E-state index is 13.2. The van der Waals surface area contributed by atoms with E-state index in [4.69, 9.17) is 28.3 Å². The van der Waals surface area contributed by atoms with Gasteiger partial charge in [0.1, 0.15) is 5.82 Å². The van der Waals surface area contributed by atoms with Crippen LogP contribution in [0.3, 0.4) is 0 Å². The molecule has 0 spiro atoms. The average Bonchev–Trinajstić information content (AvgIpc) is 2.22. The van der Waals surface area contributed by atoms with Gasteiger partial charge in [-0.3, -0.25) is 0 Å². The van der Waals surface area contributed by atoms with E-state index in [1.807, 2.05) is 0 Å². The molecule has 0 heterocycles. The Morgan fingerprint density at radius 1 is 1.47 bits per heavy atom. The van der Waals surface area contributed by atoms with Crippen molar-refractivity contribution in [1.82, 2.24) is 0 Å². The summed E-state index contributed by atoms with van der Waals surface area (Å²) in [6.07, 6.45) is 0. The van der Waals surface area contributed by atoms with Crippen LogP contribution in [-0.2, 0) is 9.63 Å². The van der Waals surface area contributed by atoms with Crippen LogP contribution < -0.4 is 0 Å². The minimum atomic E-state index is -1.16. The van der Waals surface area contributed by atoms with E-state index in [9.17, 15) is 9.18 Å². The van der Waals surface area contributed by atoms with Gasteiger partial charge in [-0.2, -0.15) is 0 Å². The van der Waals surface area contributed by atoms with Gasteiger partial charge in [-0.1, -0.05) is 28.4 Å². The molecule has 0 saturated carbocycles. The van der Waals surface area contributed by atoms with Crippen LogP contribution in [0.25, 0.3) is 0 Å². The summed E-state index contributed by atoms with van der Waals surface area (Å²) in [5.74, 6) is -1.80. The lowest BCUT2D eigenvalue weighted by molar-refractivity contribution is -0.142. The molecule has 0 bridgehead atoms. The number of aliphatic carboxylic acids is 1. The Hall–Kier alpha value is -1.33. The van der Waals surface area contributed by atoms with Gasteiger partial charge in [0.05, 0.1) is 15.8 Å². The first-order valence-corrected chi connectivity index (χ1v) is 5.20. The van der Waals surface area contributed by atoms with Crippen LogP contribution in [0.1, 0.15) is 12.5 Å². The fourth-order valence-corrected chi connectivity index (χ4v) is 1.55. The van der Waals surface area contributed by atoms with E-state index in [-0.39, 0.29) is 15.8 Å². The van der Waals surface area contributed by atoms with Gasteiger partial charge >= 0.3 is 5.97 Å². The van der Waals surface area contributed by atoms with Crippen LogP contribution >= 0.6 is 23.2 Å². The SMILES string of the molecule is CC(=NOCC(=O)O)c1cc(F)c(Cl)cc1Cl. The Morgan fingerprint density at radius 3 is 2.71 bits per heavy atom. The smallest absolute Gasteiger partial charge is 0.344 e. The Balaban J connectivity index is 2.92. The summed E-state index contributed by atoms with van der Waals surface area (Å²) in [6, 6.07) is 2.34. The number of rotatable bonds is 4. The molecule has 17 heavy (non-hydrogen) atoms. The van der Waals surface area contributed by atoms with Gasteiger partial charge in [-0.05, 0) is 19.1 Å². The summed E-state index contributed by atoms with van der Waals surface area (Å²) in [7, 11) is 0. The molecule has 7 heteroatoms. The molecule has 1 aromatic rings. The third-order valence-corrected chi connectivity index (χ3v) is 2.39. The Labute approximate surface area is 107 Å². The normalized spacial score (nSPS) is 11.4. The summed E-state index contributed by atoms with van der Waals surface area (Å²) in [5, 5.41) is 11.9. The standard InChI is InChI=1S/C10H8Cl2FNO3/c1-5(14-17-4-10(15)16)6-2-9(13)8(12)3-7(6)11/h2-3H,4H2,1H3,(H,15,16). The van der Waals surface area contributed by atoms with Crippen molar-refractivity contribution >= 4 is 34.9 Å². The zero-order valence-electron chi connectivity index (χ0n) is 8.71. The molecule has 0 aliphatic rings. The molecule has 0 aromatic heterocycles. The van der Waals surface area contributed by atoms with E-state index >= 15 is 0 Å². The lowest BCUT2D eigenvalue weighted by atomic mass is 10.1. The van der Waals surface area contributed by atoms with Gasteiger partial charge in [0.15, 0.2) is 0 Å². The maximum Gasteiger partial charge on any atom is 0.344 e. The van der Waals surface area contributed by atoms with Crippen molar-refractivity contribution < 1.29 is 19.1 Å². The predicted molar refractivity (Wildman–Crippen MR) is 62.2 cm³/mol. The number of hydrogen-bond donors (Lipinski definition) is 1. The van der Waals surface area contributed by atoms with Gasteiger partial charge in [0.2, 0.25) is 6.61 Å². The fourth-order valence-electron chi connectivity index (χ4n) is 1.03. The molecule has 1 rings (SSSR count). The zero-order chi connectivity index (χ0) is 13.0. The maximum atomic E-state index is 13.2. The molecule has 92 valence electrons. The number of carboxylic acid groups (broad SMARTS) is 1. The monoisotopic (exact) mass is 279 g/mol. The van der Waals surface area contributed by atoms with E-state index in [1.54, 1.807) is 0 Å². The van der Waals surface area contributed by atoms with Crippen molar-refractivity contribution in [2.45, 2.75) is 6.92 Å². The molecule has 0 saturated heterocycles. The molecular weight excluding hydrogens is 272 g/mol. The van der Waals surface area contributed by atoms with E-state index < -0.39 is 18.4 Å². The Bertz CT molecular complexity index is 477. The topological polar surface area (TPSA) is 58.9 Å². The van der Waals surface area contributed by atoms with Crippen LogP contribution in [0.15, 0.2) is 17.3 Å². The highest BCUT2D eigenvalue weighted by atomic mass is 35.5. The van der Waals surface area contributed by atoms with E-state index in [1.165, 1.54) is 13.0 Å². The second kappa shape index (κ2) is 5.84. The Kier molecular flexibility index (Phi) is 4.72. The molecule has 0 unspecified atom stereocenters. The minimum absolute atomic E-state index is 0.0991. The first-order chi connectivity index (χ1) is 7.91. The highest BCUT2D eigenvalue weighted by Crippen LogP contribution is 2.24. The minimum Gasteiger partial charge on any atom is -0.479 e.